The predicted molar refractivity (Wildman–Crippen MR) is 68.0 cm³/mol. The van der Waals surface area contributed by atoms with E-state index in [0.717, 1.165) is 4.68 Å². The number of hydrogen-bond donors (Lipinski definition) is 1. The van der Waals surface area contributed by atoms with Crippen LogP contribution >= 0.6 is 23.2 Å². The number of halogens is 5. The van der Waals surface area contributed by atoms with Crippen LogP contribution in [0.1, 0.15) is 12.6 Å². The van der Waals surface area contributed by atoms with Gasteiger partial charge in [0.05, 0.1) is 5.70 Å². The van der Waals surface area contributed by atoms with Gasteiger partial charge in [0.25, 0.3) is 0 Å². The third-order valence-corrected chi connectivity index (χ3v) is 3.48. The fourth-order valence-electron chi connectivity index (χ4n) is 1.69. The van der Waals surface area contributed by atoms with E-state index in [9.17, 15) is 18.0 Å². The largest absolute Gasteiger partial charge is 0.435 e. The Balaban J connectivity index is 2.58. The number of ketones is 1. The van der Waals surface area contributed by atoms with Crippen molar-refractivity contribution >= 4 is 34.7 Å². The van der Waals surface area contributed by atoms with Crippen LogP contribution in [0.25, 0.3) is 5.70 Å². The molecule has 0 bridgehead atoms. The SMILES string of the molecule is CC1=C(n2nc(C(F)(F)F)cc2Cl)C=C(N)C(Cl)C1=O. The van der Waals surface area contributed by atoms with Crippen LogP contribution in [0.2, 0.25) is 5.15 Å². The zero-order valence-electron chi connectivity index (χ0n) is 10.0. The molecule has 9 heteroatoms. The molecular formula is C11H8Cl2F3N3O. The van der Waals surface area contributed by atoms with Gasteiger partial charge in [0, 0.05) is 17.3 Å². The minimum atomic E-state index is -4.63. The number of alkyl halides is 4. The Bertz CT molecular complexity index is 644. The number of aromatic nitrogens is 2. The molecule has 0 saturated heterocycles. The molecule has 0 aliphatic heterocycles. The van der Waals surface area contributed by atoms with E-state index in [1.54, 1.807) is 0 Å². The second kappa shape index (κ2) is 4.82. The first-order valence-electron chi connectivity index (χ1n) is 5.32. The summed E-state index contributed by atoms with van der Waals surface area (Å²) in [7, 11) is 0. The van der Waals surface area contributed by atoms with Gasteiger partial charge in [-0.1, -0.05) is 11.6 Å². The molecule has 1 aromatic rings. The molecule has 0 amide bonds. The lowest BCUT2D eigenvalue weighted by molar-refractivity contribution is -0.141. The van der Waals surface area contributed by atoms with Crippen LogP contribution in [0.4, 0.5) is 13.2 Å². The number of Topliss-reactive ketones (excluding diaryl/α,β-unsaturated/α-hetero) is 1. The maximum absolute atomic E-state index is 12.6. The van der Waals surface area contributed by atoms with Gasteiger partial charge in [-0.3, -0.25) is 4.79 Å². The molecule has 1 unspecified atom stereocenters. The van der Waals surface area contributed by atoms with Crippen LogP contribution in [0.5, 0.6) is 0 Å². The summed E-state index contributed by atoms with van der Waals surface area (Å²) in [5.41, 5.74) is 4.65. The first-order chi connectivity index (χ1) is 9.12. The molecular weight excluding hydrogens is 318 g/mol. The van der Waals surface area contributed by atoms with E-state index in [0.29, 0.717) is 6.07 Å². The van der Waals surface area contributed by atoms with Gasteiger partial charge in [0.2, 0.25) is 0 Å². The highest BCUT2D eigenvalue weighted by Gasteiger charge is 2.36. The maximum atomic E-state index is 12.6. The summed E-state index contributed by atoms with van der Waals surface area (Å²) in [5, 5.41) is 2.04. The standard InChI is InChI=1S/C11H8Cl2F3N3O/c1-4-6(2-5(17)9(13)10(4)20)19-8(12)3-7(18-19)11(14,15)16/h2-3,9H,17H2,1H3. The minimum Gasteiger partial charge on any atom is -0.400 e. The number of nitrogens with two attached hydrogens (primary N) is 1. The van der Waals surface area contributed by atoms with Crippen LogP contribution in [0.3, 0.4) is 0 Å². The van der Waals surface area contributed by atoms with Crippen molar-refractivity contribution < 1.29 is 18.0 Å². The lowest BCUT2D eigenvalue weighted by Gasteiger charge is -2.19. The lowest BCUT2D eigenvalue weighted by Crippen LogP contribution is -2.28. The first-order valence-corrected chi connectivity index (χ1v) is 6.13. The van der Waals surface area contributed by atoms with Crippen molar-refractivity contribution in [3.05, 3.63) is 34.3 Å². The molecule has 2 rings (SSSR count). The molecule has 20 heavy (non-hydrogen) atoms. The summed E-state index contributed by atoms with van der Waals surface area (Å²) in [6.45, 7) is 1.42. The fourth-order valence-corrected chi connectivity index (χ4v) is 2.15. The van der Waals surface area contributed by atoms with Crippen molar-refractivity contribution in [1.29, 1.82) is 0 Å². The zero-order chi connectivity index (χ0) is 15.2. The summed E-state index contributed by atoms with van der Waals surface area (Å²) in [6, 6.07) is 0.670. The number of carbonyl (C=O) groups excluding carboxylic acids is 1. The summed E-state index contributed by atoms with van der Waals surface area (Å²) >= 11 is 11.5. The van der Waals surface area contributed by atoms with Crippen molar-refractivity contribution in [2.75, 3.05) is 0 Å². The molecule has 4 nitrogen and oxygen atoms in total. The monoisotopic (exact) mass is 325 g/mol. The number of carbonyl (C=O) groups is 1. The lowest BCUT2D eigenvalue weighted by atomic mass is 9.99. The van der Waals surface area contributed by atoms with Crippen molar-refractivity contribution in [3.63, 3.8) is 0 Å². The Kier molecular flexibility index (Phi) is 3.60. The van der Waals surface area contributed by atoms with E-state index in [4.69, 9.17) is 28.9 Å². The molecule has 1 heterocycles. The second-order valence-corrected chi connectivity index (χ2v) is 4.97. The highest BCUT2D eigenvalue weighted by atomic mass is 35.5. The molecule has 0 fully saturated rings. The van der Waals surface area contributed by atoms with Gasteiger partial charge < -0.3 is 5.73 Å². The first kappa shape index (κ1) is 14.9. The molecule has 1 aliphatic carbocycles. The van der Waals surface area contributed by atoms with E-state index in [-0.39, 0.29) is 22.1 Å². The summed E-state index contributed by atoms with van der Waals surface area (Å²) in [5.74, 6) is -0.498. The summed E-state index contributed by atoms with van der Waals surface area (Å²) in [6.07, 6.45) is -3.35. The predicted octanol–water partition coefficient (Wildman–Crippen LogP) is 2.82. The third-order valence-electron chi connectivity index (χ3n) is 2.76. The molecule has 1 aliphatic rings. The van der Waals surface area contributed by atoms with Crippen LogP contribution in [-0.2, 0) is 11.0 Å². The van der Waals surface area contributed by atoms with Gasteiger partial charge in [-0.2, -0.15) is 18.3 Å². The summed E-state index contributed by atoms with van der Waals surface area (Å²) in [4.78, 5) is 11.8. The van der Waals surface area contributed by atoms with Gasteiger partial charge >= 0.3 is 6.18 Å². The molecule has 0 spiro atoms. The maximum Gasteiger partial charge on any atom is 0.435 e. The average molecular weight is 326 g/mol. The van der Waals surface area contributed by atoms with Crippen LogP contribution < -0.4 is 5.73 Å². The number of allylic oxidation sites excluding steroid dienone is 4. The van der Waals surface area contributed by atoms with Gasteiger partial charge in [-0.15, -0.1) is 11.6 Å². The zero-order valence-corrected chi connectivity index (χ0v) is 11.5. The van der Waals surface area contributed by atoms with E-state index < -0.39 is 23.0 Å². The van der Waals surface area contributed by atoms with Gasteiger partial charge in [0.15, 0.2) is 11.5 Å². The van der Waals surface area contributed by atoms with Crippen molar-refractivity contribution in [2.24, 2.45) is 5.73 Å². The quantitative estimate of drug-likeness (QED) is 0.807. The van der Waals surface area contributed by atoms with Gasteiger partial charge in [-0.25, -0.2) is 4.68 Å². The number of nitrogens with zero attached hydrogens (tertiary/aromatic N) is 2. The third kappa shape index (κ3) is 2.43. The molecule has 1 aromatic heterocycles. The van der Waals surface area contributed by atoms with Crippen molar-refractivity contribution in [2.45, 2.75) is 18.5 Å². The topological polar surface area (TPSA) is 60.9 Å². The number of rotatable bonds is 1. The Hall–Kier alpha value is -1.47. The van der Waals surface area contributed by atoms with Gasteiger partial charge in [0.1, 0.15) is 10.5 Å². The molecule has 2 N–H and O–H groups in total. The molecule has 1 atom stereocenters. The Morgan fingerprint density at radius 2 is 2.05 bits per heavy atom. The van der Waals surface area contributed by atoms with E-state index in [2.05, 4.69) is 5.10 Å². The van der Waals surface area contributed by atoms with Crippen molar-refractivity contribution in [3.8, 4) is 0 Å². The van der Waals surface area contributed by atoms with E-state index in [1.165, 1.54) is 13.0 Å². The van der Waals surface area contributed by atoms with Crippen LogP contribution in [0, 0.1) is 0 Å². The van der Waals surface area contributed by atoms with E-state index >= 15 is 0 Å². The Morgan fingerprint density at radius 1 is 1.45 bits per heavy atom. The van der Waals surface area contributed by atoms with E-state index in [1.807, 2.05) is 0 Å². The average Bonchev–Trinajstić information content (AvgIpc) is 2.73. The van der Waals surface area contributed by atoms with Crippen LogP contribution in [0.15, 0.2) is 23.4 Å². The normalized spacial score (nSPS) is 20.4. The Labute approximate surface area is 121 Å². The Morgan fingerprint density at radius 3 is 2.55 bits per heavy atom. The van der Waals surface area contributed by atoms with Crippen molar-refractivity contribution in [1.82, 2.24) is 9.78 Å². The summed E-state index contributed by atoms with van der Waals surface area (Å²) < 4.78 is 38.6. The molecule has 0 radical (unpaired) electrons. The molecule has 0 aromatic carbocycles. The molecule has 0 saturated carbocycles. The van der Waals surface area contributed by atoms with Gasteiger partial charge in [-0.05, 0) is 13.0 Å². The number of hydrogen-bond acceptors (Lipinski definition) is 3. The fraction of sp³-hybridized carbons (Fsp3) is 0.273. The minimum absolute atomic E-state index is 0.0254. The highest BCUT2D eigenvalue weighted by molar-refractivity contribution is 6.37. The smallest absolute Gasteiger partial charge is 0.400 e. The molecule has 108 valence electrons. The second-order valence-electron chi connectivity index (χ2n) is 4.14. The van der Waals surface area contributed by atoms with Crippen LogP contribution in [-0.4, -0.2) is 20.9 Å². The highest BCUT2D eigenvalue weighted by Crippen LogP contribution is 2.33.